The first-order valence-corrected chi connectivity index (χ1v) is 12.6. The van der Waals surface area contributed by atoms with Crippen LogP contribution < -0.4 is 10.6 Å². The first kappa shape index (κ1) is 21.7. The molecular weight excluding hydrogens is 408 g/mol. The van der Waals surface area contributed by atoms with E-state index < -0.39 is 10.0 Å². The molecule has 0 radical (unpaired) electrons. The molecule has 9 nitrogen and oxygen atoms in total. The minimum absolute atomic E-state index is 0.0279. The van der Waals surface area contributed by atoms with Gasteiger partial charge in [0, 0.05) is 43.8 Å². The average molecular weight is 441 g/mol. The fourth-order valence-corrected chi connectivity index (χ4v) is 6.72. The number of nitrogens with zero attached hydrogens (tertiary/aromatic N) is 2. The van der Waals surface area contributed by atoms with Gasteiger partial charge in [0.05, 0.1) is 12.4 Å². The molecule has 1 saturated carbocycles. The Morgan fingerprint density at radius 1 is 1.23 bits per heavy atom. The number of methoxy groups -OCH3 is 1. The maximum Gasteiger partial charge on any atom is 0.273 e. The second kappa shape index (κ2) is 9.33. The lowest BCUT2D eigenvalue weighted by atomic mass is 9.99. The Bertz CT molecular complexity index is 824. The average Bonchev–Trinajstić information content (AvgIpc) is 3.36. The van der Waals surface area contributed by atoms with Crippen LogP contribution in [0.1, 0.15) is 67.1 Å². The molecule has 3 fully saturated rings. The highest BCUT2D eigenvalue weighted by atomic mass is 32.2. The van der Waals surface area contributed by atoms with Crippen LogP contribution in [-0.2, 0) is 14.8 Å². The van der Waals surface area contributed by atoms with Crippen LogP contribution in [0.4, 0.5) is 0 Å². The van der Waals surface area contributed by atoms with E-state index in [1.54, 1.807) is 17.5 Å². The molecule has 3 heterocycles. The number of nitrogens with one attached hydrogen (secondary N) is 2. The van der Waals surface area contributed by atoms with Crippen molar-refractivity contribution in [3.63, 3.8) is 0 Å². The zero-order valence-electron chi connectivity index (χ0n) is 17.5. The van der Waals surface area contributed by atoms with Crippen LogP contribution in [0.3, 0.4) is 0 Å². The van der Waals surface area contributed by atoms with Gasteiger partial charge in [-0.05, 0) is 51.5 Å². The standard InChI is InChI=1S/C20H32N4O5S/c1-28-9-8-21-7-2-10-30(26,27)24-16-5-6-17(24)12-15(11-16)22-20(25)18-13-19(29-23-18)14-3-4-14/h13-17,21H,2-12H2,1H3,(H,22,25)/t15?,16-,17+. The SMILES string of the molecule is COCCNCCCS(=O)(=O)N1[C@@H]2CC[C@H]1CC(NC(=O)c1cc(C3CC3)on1)C2. The molecule has 2 N–H and O–H groups in total. The van der Waals surface area contributed by atoms with E-state index in [0.29, 0.717) is 44.0 Å². The quantitative estimate of drug-likeness (QED) is 0.498. The van der Waals surface area contributed by atoms with Crippen LogP contribution >= 0.6 is 0 Å². The second-order valence-corrected chi connectivity index (χ2v) is 10.7. The lowest BCUT2D eigenvalue weighted by Crippen LogP contribution is -2.53. The number of hydrogen-bond donors (Lipinski definition) is 2. The summed E-state index contributed by atoms with van der Waals surface area (Å²) in [6, 6.07) is 1.65. The minimum Gasteiger partial charge on any atom is -0.383 e. The van der Waals surface area contributed by atoms with Crippen molar-refractivity contribution >= 4 is 15.9 Å². The number of ether oxygens (including phenoxy) is 1. The number of sulfonamides is 1. The molecule has 0 spiro atoms. The van der Waals surface area contributed by atoms with E-state index in [0.717, 1.165) is 38.0 Å². The van der Waals surface area contributed by atoms with Crippen molar-refractivity contribution in [1.82, 2.24) is 20.1 Å². The Balaban J connectivity index is 1.27. The summed E-state index contributed by atoms with van der Waals surface area (Å²) in [4.78, 5) is 12.5. The molecule has 1 aromatic heterocycles. The molecule has 2 saturated heterocycles. The Morgan fingerprint density at radius 2 is 1.97 bits per heavy atom. The molecule has 3 aliphatic rings. The third kappa shape index (κ3) is 5.04. The van der Waals surface area contributed by atoms with E-state index in [-0.39, 0.29) is 29.8 Å². The van der Waals surface area contributed by atoms with Crippen molar-refractivity contribution in [1.29, 1.82) is 0 Å². The van der Waals surface area contributed by atoms with Gasteiger partial charge in [0.25, 0.3) is 5.91 Å². The van der Waals surface area contributed by atoms with Gasteiger partial charge in [-0.1, -0.05) is 5.16 Å². The number of rotatable bonds is 11. The molecule has 3 atom stereocenters. The largest absolute Gasteiger partial charge is 0.383 e. The number of fused-ring (bicyclic) bond motifs is 2. The normalized spacial score (nSPS) is 26.8. The van der Waals surface area contributed by atoms with Gasteiger partial charge in [0.1, 0.15) is 5.76 Å². The predicted molar refractivity (Wildman–Crippen MR) is 111 cm³/mol. The molecule has 1 aromatic rings. The summed E-state index contributed by atoms with van der Waals surface area (Å²) in [5.41, 5.74) is 0.320. The van der Waals surface area contributed by atoms with Gasteiger partial charge in [-0.3, -0.25) is 4.79 Å². The van der Waals surface area contributed by atoms with Crippen LogP contribution in [0.2, 0.25) is 0 Å². The summed E-state index contributed by atoms with van der Waals surface area (Å²) >= 11 is 0. The van der Waals surface area contributed by atoms with Crippen molar-refractivity contribution in [3.05, 3.63) is 17.5 Å². The van der Waals surface area contributed by atoms with Gasteiger partial charge in [0.15, 0.2) is 5.69 Å². The zero-order chi connectivity index (χ0) is 21.1. The summed E-state index contributed by atoms with van der Waals surface area (Å²) in [6.45, 7) is 2.00. The van der Waals surface area contributed by atoms with E-state index in [1.807, 2.05) is 0 Å². The van der Waals surface area contributed by atoms with E-state index >= 15 is 0 Å². The highest BCUT2D eigenvalue weighted by molar-refractivity contribution is 7.89. The van der Waals surface area contributed by atoms with Gasteiger partial charge in [-0.15, -0.1) is 0 Å². The topological polar surface area (TPSA) is 114 Å². The Morgan fingerprint density at radius 3 is 2.63 bits per heavy atom. The Labute approximate surface area is 177 Å². The number of aromatic nitrogens is 1. The fourth-order valence-electron chi connectivity index (χ4n) is 4.71. The molecule has 168 valence electrons. The van der Waals surface area contributed by atoms with Crippen LogP contribution in [0.5, 0.6) is 0 Å². The molecule has 1 aliphatic carbocycles. The third-order valence-corrected chi connectivity index (χ3v) is 8.35. The van der Waals surface area contributed by atoms with Crippen molar-refractivity contribution in [2.75, 3.05) is 32.6 Å². The molecular formula is C20H32N4O5S. The third-order valence-electron chi connectivity index (χ3n) is 6.30. The predicted octanol–water partition coefficient (Wildman–Crippen LogP) is 1.23. The number of carbonyl (C=O) groups is 1. The summed E-state index contributed by atoms with van der Waals surface area (Å²) in [7, 11) is -1.65. The van der Waals surface area contributed by atoms with E-state index in [9.17, 15) is 13.2 Å². The summed E-state index contributed by atoms with van der Waals surface area (Å²) in [6.07, 6.45) is 5.79. The van der Waals surface area contributed by atoms with Crippen molar-refractivity contribution in [2.45, 2.75) is 69.0 Å². The first-order valence-electron chi connectivity index (χ1n) is 11.0. The van der Waals surface area contributed by atoms with Crippen LogP contribution in [-0.4, -0.2) is 74.5 Å². The first-order chi connectivity index (χ1) is 14.5. The Hall–Kier alpha value is -1.49. The van der Waals surface area contributed by atoms with Crippen molar-refractivity contribution < 1.29 is 22.5 Å². The second-order valence-electron chi connectivity index (χ2n) is 8.66. The minimum atomic E-state index is -3.29. The summed E-state index contributed by atoms with van der Waals surface area (Å²) < 4.78 is 37.8. The highest BCUT2D eigenvalue weighted by Gasteiger charge is 2.46. The lowest BCUT2D eigenvalue weighted by Gasteiger charge is -2.38. The maximum atomic E-state index is 12.9. The van der Waals surface area contributed by atoms with Crippen molar-refractivity contribution in [2.24, 2.45) is 0 Å². The summed E-state index contributed by atoms with van der Waals surface area (Å²) in [5, 5.41) is 10.1. The number of hydrogen-bond acceptors (Lipinski definition) is 7. The molecule has 4 rings (SSSR count). The fraction of sp³-hybridized carbons (Fsp3) is 0.800. The van der Waals surface area contributed by atoms with Gasteiger partial charge in [0.2, 0.25) is 10.0 Å². The monoisotopic (exact) mass is 440 g/mol. The van der Waals surface area contributed by atoms with E-state index in [2.05, 4.69) is 15.8 Å². The molecule has 0 aromatic carbocycles. The number of carbonyl (C=O) groups excluding carboxylic acids is 1. The van der Waals surface area contributed by atoms with Gasteiger partial charge in [-0.25, -0.2) is 8.42 Å². The van der Waals surface area contributed by atoms with Gasteiger partial charge >= 0.3 is 0 Å². The van der Waals surface area contributed by atoms with Crippen LogP contribution in [0.15, 0.2) is 10.6 Å². The molecule has 1 amide bonds. The number of piperidine rings is 1. The number of amides is 1. The molecule has 10 heteroatoms. The molecule has 30 heavy (non-hydrogen) atoms. The van der Waals surface area contributed by atoms with E-state index in [1.165, 1.54) is 0 Å². The Kier molecular flexibility index (Phi) is 6.76. The lowest BCUT2D eigenvalue weighted by molar-refractivity contribution is 0.0900. The smallest absolute Gasteiger partial charge is 0.273 e. The maximum absolute atomic E-state index is 12.9. The van der Waals surface area contributed by atoms with Crippen LogP contribution in [0.25, 0.3) is 0 Å². The molecule has 2 aliphatic heterocycles. The molecule has 2 bridgehead atoms. The van der Waals surface area contributed by atoms with E-state index in [4.69, 9.17) is 9.26 Å². The van der Waals surface area contributed by atoms with Gasteiger partial charge in [-0.2, -0.15) is 4.31 Å². The van der Waals surface area contributed by atoms with Gasteiger partial charge < -0.3 is 19.9 Å². The van der Waals surface area contributed by atoms with Crippen molar-refractivity contribution in [3.8, 4) is 0 Å². The summed E-state index contributed by atoms with van der Waals surface area (Å²) in [5.74, 6) is 1.13. The zero-order valence-corrected chi connectivity index (χ0v) is 18.3. The highest BCUT2D eigenvalue weighted by Crippen LogP contribution is 2.40. The molecule has 1 unspecified atom stereocenters. The van der Waals surface area contributed by atoms with Crippen LogP contribution in [0, 0.1) is 0 Å².